The number of allylic oxidation sites excluding steroid dienone is 1. The van der Waals surface area contributed by atoms with Crippen molar-refractivity contribution in [3.8, 4) is 5.75 Å². The average molecular weight is 718 g/mol. The van der Waals surface area contributed by atoms with Gasteiger partial charge < -0.3 is 9.47 Å². The molecule has 0 aliphatic carbocycles. The third kappa shape index (κ3) is 6.56. The van der Waals surface area contributed by atoms with Gasteiger partial charge in [0.25, 0.3) is 5.56 Å². The van der Waals surface area contributed by atoms with Crippen LogP contribution in [0.15, 0.2) is 99.9 Å². The number of rotatable bonds is 7. The zero-order valence-electron chi connectivity index (χ0n) is 24.3. The van der Waals surface area contributed by atoms with Crippen molar-refractivity contribution in [2.75, 3.05) is 6.61 Å². The first kappa shape index (κ1) is 32.8. The summed E-state index contributed by atoms with van der Waals surface area (Å²) in [5, 5.41) is 2.77. The van der Waals surface area contributed by atoms with Gasteiger partial charge in [-0.15, -0.1) is 0 Å². The lowest BCUT2D eigenvalue weighted by Crippen LogP contribution is -2.41. The van der Waals surface area contributed by atoms with Crippen molar-refractivity contribution in [2.45, 2.75) is 25.7 Å². The Morgan fingerprint density at radius 3 is 2.43 bits per heavy atom. The van der Waals surface area contributed by atoms with E-state index in [0.717, 1.165) is 26.7 Å². The van der Waals surface area contributed by atoms with Gasteiger partial charge in [-0.25, -0.2) is 9.79 Å². The van der Waals surface area contributed by atoms with Crippen LogP contribution in [0, 0.1) is 0 Å². The van der Waals surface area contributed by atoms with Gasteiger partial charge in [0.2, 0.25) is 0 Å². The van der Waals surface area contributed by atoms with Crippen LogP contribution in [-0.4, -0.2) is 23.3 Å². The second-order valence-corrected chi connectivity index (χ2v) is 12.6. The van der Waals surface area contributed by atoms with E-state index >= 15 is 0 Å². The Hall–Kier alpha value is -4.09. The van der Waals surface area contributed by atoms with E-state index in [4.69, 9.17) is 44.3 Å². The van der Waals surface area contributed by atoms with Gasteiger partial charge in [0.05, 0.1) is 22.8 Å². The maximum atomic E-state index is 14.5. The van der Waals surface area contributed by atoms with Crippen molar-refractivity contribution in [2.24, 2.45) is 4.99 Å². The first-order valence-corrected chi connectivity index (χ1v) is 16.1. The minimum atomic E-state index is -5.03. The molecule has 0 radical (unpaired) electrons. The lowest BCUT2D eigenvalue weighted by Gasteiger charge is -2.26. The molecule has 240 valence electrons. The molecule has 1 atom stereocenters. The standard InChI is InChI=1S/C34H22Cl3F3N2O4S/c1-2-45-32(44)28-29(19-7-11-21(35)12-8-19)42-31(43)27(47-33(42)41-30(28)34(38,39)40)16-24-23-6-4-3-5-18(23)10-14-26(24)46-17-20-9-13-22(36)15-25(20)37/h3-16,29H,2,17H2,1H3/b27-16-/t29-/m0/s1. The molecule has 4 aromatic carbocycles. The number of esters is 1. The van der Waals surface area contributed by atoms with Gasteiger partial charge in [-0.3, -0.25) is 9.36 Å². The quantitative estimate of drug-likeness (QED) is 0.160. The van der Waals surface area contributed by atoms with Crippen LogP contribution in [0.3, 0.4) is 0 Å². The van der Waals surface area contributed by atoms with Crippen LogP contribution in [0.1, 0.15) is 29.7 Å². The highest BCUT2D eigenvalue weighted by molar-refractivity contribution is 7.07. The molecular formula is C34H22Cl3F3N2O4S. The van der Waals surface area contributed by atoms with Crippen molar-refractivity contribution in [1.82, 2.24) is 4.57 Å². The van der Waals surface area contributed by atoms with Crippen molar-refractivity contribution in [3.63, 3.8) is 0 Å². The van der Waals surface area contributed by atoms with E-state index in [9.17, 15) is 22.8 Å². The Morgan fingerprint density at radius 1 is 1.00 bits per heavy atom. The van der Waals surface area contributed by atoms with Gasteiger partial charge in [-0.05, 0) is 59.7 Å². The summed E-state index contributed by atoms with van der Waals surface area (Å²) in [4.78, 5) is 30.9. The number of carbonyl (C=O) groups is 1. The topological polar surface area (TPSA) is 69.9 Å². The summed E-state index contributed by atoms with van der Waals surface area (Å²) >= 11 is 19.2. The van der Waals surface area contributed by atoms with Gasteiger partial charge in [-0.2, -0.15) is 13.2 Å². The number of benzene rings is 4. The number of carbonyl (C=O) groups excluding carboxylic acids is 1. The first-order chi connectivity index (χ1) is 22.5. The Labute approximate surface area is 284 Å². The van der Waals surface area contributed by atoms with E-state index in [1.165, 1.54) is 31.2 Å². The SMILES string of the molecule is CCOC(=O)C1=C(C(F)(F)F)N=c2s/c(=C\c3c(OCc4ccc(Cl)cc4Cl)ccc4ccccc34)c(=O)n2[C@H]1c1ccc(Cl)cc1. The Balaban J connectivity index is 1.57. The van der Waals surface area contributed by atoms with E-state index in [2.05, 4.69) is 4.99 Å². The molecule has 47 heavy (non-hydrogen) atoms. The molecular weight excluding hydrogens is 696 g/mol. The van der Waals surface area contributed by atoms with Gasteiger partial charge >= 0.3 is 12.1 Å². The smallest absolute Gasteiger partial charge is 0.434 e. The second-order valence-electron chi connectivity index (χ2n) is 10.3. The predicted octanol–water partition coefficient (Wildman–Crippen LogP) is 8.03. The van der Waals surface area contributed by atoms with Crippen LogP contribution in [0.4, 0.5) is 13.2 Å². The van der Waals surface area contributed by atoms with Gasteiger partial charge in [-0.1, -0.05) is 94.7 Å². The number of thiazole rings is 1. The zero-order valence-corrected chi connectivity index (χ0v) is 27.4. The molecule has 0 N–H and O–H groups in total. The molecule has 5 aromatic rings. The van der Waals surface area contributed by atoms with Gasteiger partial charge in [0.1, 0.15) is 12.4 Å². The number of fused-ring (bicyclic) bond motifs is 2. The van der Waals surface area contributed by atoms with Crippen molar-refractivity contribution in [3.05, 3.63) is 142 Å². The van der Waals surface area contributed by atoms with Crippen molar-refractivity contribution >= 4 is 69.0 Å². The Bertz CT molecular complexity index is 2250. The van der Waals surface area contributed by atoms with Gasteiger partial charge in [0, 0.05) is 26.2 Å². The van der Waals surface area contributed by atoms with Crippen LogP contribution in [0.5, 0.6) is 5.75 Å². The van der Waals surface area contributed by atoms with Crippen molar-refractivity contribution in [1.29, 1.82) is 0 Å². The molecule has 0 saturated heterocycles. The number of hydrogen-bond donors (Lipinski definition) is 0. The average Bonchev–Trinajstić information content (AvgIpc) is 3.35. The van der Waals surface area contributed by atoms with E-state index in [1.54, 1.807) is 30.3 Å². The van der Waals surface area contributed by atoms with E-state index in [-0.39, 0.29) is 28.1 Å². The molecule has 1 aliphatic heterocycles. The third-order valence-corrected chi connectivity index (χ3v) is 9.21. The summed E-state index contributed by atoms with van der Waals surface area (Å²) in [5.41, 5.74) is -1.48. The highest BCUT2D eigenvalue weighted by Crippen LogP contribution is 2.39. The fourth-order valence-electron chi connectivity index (χ4n) is 5.28. The molecule has 0 saturated carbocycles. The van der Waals surface area contributed by atoms with Crippen LogP contribution < -0.4 is 19.6 Å². The summed E-state index contributed by atoms with van der Waals surface area (Å²) in [7, 11) is 0. The van der Waals surface area contributed by atoms with Crippen LogP contribution in [0.25, 0.3) is 16.8 Å². The summed E-state index contributed by atoms with van der Waals surface area (Å²) in [6.45, 7) is 1.37. The first-order valence-electron chi connectivity index (χ1n) is 14.1. The Kier molecular flexibility index (Phi) is 9.22. The number of hydrogen-bond acceptors (Lipinski definition) is 6. The Morgan fingerprint density at radius 2 is 1.72 bits per heavy atom. The molecule has 6 nitrogen and oxygen atoms in total. The zero-order chi connectivity index (χ0) is 33.5. The van der Waals surface area contributed by atoms with Crippen LogP contribution in [0.2, 0.25) is 15.1 Å². The molecule has 0 fully saturated rings. The molecule has 6 rings (SSSR count). The molecule has 0 bridgehead atoms. The lowest BCUT2D eigenvalue weighted by molar-refractivity contribution is -0.140. The van der Waals surface area contributed by atoms with E-state index in [1.807, 2.05) is 30.3 Å². The molecule has 1 aliphatic rings. The normalized spacial score (nSPS) is 15.0. The summed E-state index contributed by atoms with van der Waals surface area (Å²) < 4.78 is 55.9. The maximum absolute atomic E-state index is 14.5. The summed E-state index contributed by atoms with van der Waals surface area (Å²) in [6, 6.07) is 20.4. The molecule has 2 heterocycles. The van der Waals surface area contributed by atoms with Crippen molar-refractivity contribution < 1.29 is 27.4 Å². The second kappa shape index (κ2) is 13.2. The summed E-state index contributed by atoms with van der Waals surface area (Å²) in [5.74, 6) is -0.832. The van der Waals surface area contributed by atoms with Crippen LogP contribution >= 0.6 is 46.1 Å². The monoisotopic (exact) mass is 716 g/mol. The lowest BCUT2D eigenvalue weighted by atomic mass is 9.95. The number of nitrogens with zero attached hydrogens (tertiary/aromatic N) is 2. The molecule has 0 unspecified atom stereocenters. The number of aromatic nitrogens is 1. The summed E-state index contributed by atoms with van der Waals surface area (Å²) in [6.07, 6.45) is -3.47. The fraction of sp³-hybridized carbons (Fsp3) is 0.147. The van der Waals surface area contributed by atoms with Gasteiger partial charge in [0.15, 0.2) is 10.5 Å². The predicted molar refractivity (Wildman–Crippen MR) is 177 cm³/mol. The highest BCUT2D eigenvalue weighted by Gasteiger charge is 2.45. The minimum absolute atomic E-state index is 0.0695. The largest absolute Gasteiger partial charge is 0.488 e. The molecule has 13 heteroatoms. The molecule has 0 amide bonds. The van der Waals surface area contributed by atoms with E-state index < -0.39 is 35.0 Å². The van der Waals surface area contributed by atoms with Crippen LogP contribution in [-0.2, 0) is 16.1 Å². The maximum Gasteiger partial charge on any atom is 0.434 e. The third-order valence-electron chi connectivity index (χ3n) is 7.39. The number of ether oxygens (including phenoxy) is 2. The molecule has 0 spiro atoms. The molecule has 1 aromatic heterocycles. The number of alkyl halides is 3. The number of halogens is 6. The van der Waals surface area contributed by atoms with E-state index in [0.29, 0.717) is 31.9 Å². The fourth-order valence-corrected chi connectivity index (χ4v) is 6.85. The minimum Gasteiger partial charge on any atom is -0.488 e. The highest BCUT2D eigenvalue weighted by atomic mass is 35.5.